The molecule has 2 aromatic rings. The van der Waals surface area contributed by atoms with Crippen molar-refractivity contribution in [3.8, 4) is 0 Å². The minimum absolute atomic E-state index is 0.0643. The molecule has 28 heavy (non-hydrogen) atoms. The Morgan fingerprint density at radius 1 is 1.29 bits per heavy atom. The first-order valence-corrected chi connectivity index (χ1v) is 8.47. The van der Waals surface area contributed by atoms with Crippen molar-refractivity contribution in [2.45, 2.75) is 25.6 Å². The summed E-state index contributed by atoms with van der Waals surface area (Å²) in [6.07, 6.45) is -4.79. The van der Waals surface area contributed by atoms with Crippen molar-refractivity contribution in [2.75, 3.05) is 16.8 Å². The van der Waals surface area contributed by atoms with Gasteiger partial charge in [0.25, 0.3) is 5.91 Å². The molecule has 0 N–H and O–H groups in total. The van der Waals surface area contributed by atoms with Gasteiger partial charge in [0.2, 0.25) is 5.91 Å². The summed E-state index contributed by atoms with van der Waals surface area (Å²) in [7, 11) is 1.40. The molecule has 5 nitrogen and oxygen atoms in total. The molecule has 3 rings (SSSR count). The third kappa shape index (κ3) is 3.66. The number of aryl methyl sites for hydroxylation is 1. The van der Waals surface area contributed by atoms with Crippen molar-refractivity contribution in [1.29, 1.82) is 0 Å². The molecule has 1 saturated heterocycles. The second-order valence-corrected chi connectivity index (χ2v) is 6.74. The van der Waals surface area contributed by atoms with Gasteiger partial charge in [0.05, 0.1) is 17.0 Å². The Hall–Kier alpha value is -2.68. The van der Waals surface area contributed by atoms with Gasteiger partial charge in [-0.15, -0.1) is 0 Å². The summed E-state index contributed by atoms with van der Waals surface area (Å²) < 4.78 is 52.5. The predicted octanol–water partition coefficient (Wildman–Crippen LogP) is 3.97. The predicted molar refractivity (Wildman–Crippen MR) is 94.7 cm³/mol. The number of carbonyl (C=O) groups is 2. The maximum atomic E-state index is 13.3. The Balaban J connectivity index is 1.90. The van der Waals surface area contributed by atoms with E-state index in [1.54, 1.807) is 0 Å². The molecule has 1 fully saturated rings. The van der Waals surface area contributed by atoms with Crippen LogP contribution < -0.4 is 9.80 Å². The first-order valence-electron chi connectivity index (χ1n) is 8.09. The maximum absolute atomic E-state index is 13.3. The van der Waals surface area contributed by atoms with Crippen LogP contribution in [0.5, 0.6) is 0 Å². The van der Waals surface area contributed by atoms with E-state index in [0.717, 1.165) is 28.0 Å². The molecular formula is C18H14ClF4N3O2. The number of β-lactam (4-membered cyclic amide) rings is 1. The topological polar surface area (TPSA) is 53.5 Å². The first kappa shape index (κ1) is 20.1. The number of pyridine rings is 1. The van der Waals surface area contributed by atoms with Crippen LogP contribution in [0.25, 0.3) is 0 Å². The number of alkyl halides is 3. The third-order valence-electron chi connectivity index (χ3n) is 4.37. The first-order chi connectivity index (χ1) is 13.0. The Morgan fingerprint density at radius 2 is 1.96 bits per heavy atom. The Bertz CT molecular complexity index is 964. The lowest BCUT2D eigenvalue weighted by Crippen LogP contribution is -2.60. The Labute approximate surface area is 162 Å². The number of benzene rings is 1. The highest BCUT2D eigenvalue weighted by atomic mass is 35.5. The lowest BCUT2D eigenvalue weighted by Gasteiger charge is -2.40. The number of aromatic nitrogens is 1. The number of anilines is 2. The lowest BCUT2D eigenvalue weighted by molar-refractivity contribution is -0.137. The lowest BCUT2D eigenvalue weighted by atomic mass is 9.99. The Kier molecular flexibility index (Phi) is 5.05. The van der Waals surface area contributed by atoms with Crippen LogP contribution in [0.15, 0.2) is 30.3 Å². The number of likely N-dealkylation sites (N-methyl/N-ethyl adjacent to an activating group) is 1. The SMILES string of the molecule is Cc1cc(C(F)(F)F)cc(N2C(=O)C[C@H]2C(=O)N(C)c2ccc(F)c(Cl)c2)n1. The number of hydrogen-bond donors (Lipinski definition) is 0. The van der Waals surface area contributed by atoms with Crippen molar-refractivity contribution in [2.24, 2.45) is 0 Å². The number of rotatable bonds is 3. The van der Waals surface area contributed by atoms with Gasteiger partial charge in [-0.1, -0.05) is 11.6 Å². The molecule has 0 aliphatic carbocycles. The second kappa shape index (κ2) is 7.05. The summed E-state index contributed by atoms with van der Waals surface area (Å²) in [6.45, 7) is 1.37. The van der Waals surface area contributed by atoms with Crippen molar-refractivity contribution in [3.63, 3.8) is 0 Å². The van der Waals surface area contributed by atoms with Gasteiger partial charge in [0, 0.05) is 18.4 Å². The van der Waals surface area contributed by atoms with Gasteiger partial charge in [-0.3, -0.25) is 14.5 Å². The molecule has 1 atom stereocenters. The molecule has 1 aromatic heterocycles. The number of nitrogens with zero attached hydrogens (tertiary/aromatic N) is 3. The Morgan fingerprint density at radius 3 is 2.54 bits per heavy atom. The summed E-state index contributed by atoms with van der Waals surface area (Å²) in [6, 6.07) is 4.24. The summed E-state index contributed by atoms with van der Waals surface area (Å²) in [5.74, 6) is -1.97. The van der Waals surface area contributed by atoms with E-state index in [1.165, 1.54) is 26.1 Å². The summed E-state index contributed by atoms with van der Waals surface area (Å²) >= 11 is 5.72. The van der Waals surface area contributed by atoms with Crippen LogP contribution in [0.3, 0.4) is 0 Å². The molecule has 0 radical (unpaired) electrons. The van der Waals surface area contributed by atoms with Gasteiger partial charge in [-0.05, 0) is 37.3 Å². The van der Waals surface area contributed by atoms with E-state index in [9.17, 15) is 27.2 Å². The molecule has 0 bridgehead atoms. The van der Waals surface area contributed by atoms with Crippen molar-refractivity contribution in [3.05, 3.63) is 52.4 Å². The normalized spacial score (nSPS) is 16.8. The van der Waals surface area contributed by atoms with Crippen LogP contribution in [-0.2, 0) is 15.8 Å². The largest absolute Gasteiger partial charge is 0.416 e. The van der Waals surface area contributed by atoms with Crippen molar-refractivity contribution >= 4 is 34.9 Å². The zero-order chi connectivity index (χ0) is 20.8. The maximum Gasteiger partial charge on any atom is 0.416 e. The standard InChI is InChI=1S/C18H14ClF4N3O2/c1-9-5-10(18(21,22)23)6-15(24-9)26-14(8-16(26)27)17(28)25(2)11-3-4-13(20)12(19)7-11/h3-7,14H,8H2,1-2H3/t14-/m0/s1. The third-order valence-corrected chi connectivity index (χ3v) is 4.66. The van der Waals surface area contributed by atoms with Crippen LogP contribution in [0.4, 0.5) is 29.1 Å². The molecule has 2 heterocycles. The second-order valence-electron chi connectivity index (χ2n) is 6.33. The number of carbonyl (C=O) groups excluding carboxylic acids is 2. The smallest absolute Gasteiger partial charge is 0.314 e. The quantitative estimate of drug-likeness (QED) is 0.563. The van der Waals surface area contributed by atoms with E-state index in [2.05, 4.69) is 4.98 Å². The van der Waals surface area contributed by atoms with E-state index in [-0.39, 0.29) is 28.6 Å². The fourth-order valence-corrected chi connectivity index (χ4v) is 3.06. The van der Waals surface area contributed by atoms with Crippen molar-refractivity contribution in [1.82, 2.24) is 4.98 Å². The van der Waals surface area contributed by atoms with E-state index < -0.39 is 35.4 Å². The average molecular weight is 416 g/mol. The van der Waals surface area contributed by atoms with Crippen LogP contribution in [0.1, 0.15) is 17.7 Å². The number of halogens is 5. The molecule has 10 heteroatoms. The van der Waals surface area contributed by atoms with Crippen LogP contribution >= 0.6 is 11.6 Å². The van der Waals surface area contributed by atoms with Gasteiger partial charge in [-0.25, -0.2) is 9.37 Å². The van der Waals surface area contributed by atoms with Gasteiger partial charge in [0.1, 0.15) is 17.7 Å². The molecule has 1 aliphatic rings. The van der Waals surface area contributed by atoms with Crippen molar-refractivity contribution < 1.29 is 27.2 Å². The molecule has 0 spiro atoms. The molecule has 0 saturated carbocycles. The molecule has 2 amide bonds. The monoisotopic (exact) mass is 415 g/mol. The van der Waals surface area contributed by atoms with E-state index >= 15 is 0 Å². The fourth-order valence-electron chi connectivity index (χ4n) is 2.88. The fraction of sp³-hybridized carbons (Fsp3) is 0.278. The van der Waals surface area contributed by atoms with Gasteiger partial charge >= 0.3 is 6.18 Å². The zero-order valence-electron chi connectivity index (χ0n) is 14.7. The van der Waals surface area contributed by atoms with E-state index in [4.69, 9.17) is 11.6 Å². The van der Waals surface area contributed by atoms with Crippen LogP contribution in [-0.4, -0.2) is 29.9 Å². The molecule has 1 aromatic carbocycles. The van der Waals surface area contributed by atoms with Crippen LogP contribution in [0.2, 0.25) is 5.02 Å². The molecule has 148 valence electrons. The highest BCUT2D eigenvalue weighted by Crippen LogP contribution is 2.35. The highest BCUT2D eigenvalue weighted by molar-refractivity contribution is 6.31. The van der Waals surface area contributed by atoms with E-state index in [0.29, 0.717) is 0 Å². The zero-order valence-corrected chi connectivity index (χ0v) is 15.5. The van der Waals surface area contributed by atoms with E-state index in [1.807, 2.05) is 0 Å². The molecule has 0 unspecified atom stereocenters. The summed E-state index contributed by atoms with van der Waals surface area (Å²) in [5.41, 5.74) is -0.613. The minimum Gasteiger partial charge on any atom is -0.314 e. The van der Waals surface area contributed by atoms with Gasteiger partial charge < -0.3 is 4.90 Å². The average Bonchev–Trinajstić information content (AvgIpc) is 2.59. The summed E-state index contributed by atoms with van der Waals surface area (Å²) in [4.78, 5) is 30.9. The molecular weight excluding hydrogens is 402 g/mol. The van der Waals surface area contributed by atoms with Gasteiger partial charge in [0.15, 0.2) is 0 Å². The van der Waals surface area contributed by atoms with Gasteiger partial charge in [-0.2, -0.15) is 13.2 Å². The highest BCUT2D eigenvalue weighted by Gasteiger charge is 2.45. The number of amides is 2. The minimum atomic E-state index is -4.61. The number of hydrogen-bond acceptors (Lipinski definition) is 3. The van der Waals surface area contributed by atoms with Crippen LogP contribution in [0, 0.1) is 12.7 Å². The summed E-state index contributed by atoms with van der Waals surface area (Å²) in [5, 5.41) is -0.186. The molecule has 1 aliphatic heterocycles.